The smallest absolute Gasteiger partial charge is 0.422 e. The van der Waals surface area contributed by atoms with Crippen LogP contribution in [-0.2, 0) is 38.7 Å². The molecule has 4 aliphatic carbocycles. The SMILES string of the molecule is CC(C)(C)OC(=O)C12CC3CC(CC(OC(=O)C(=O)Oc4c(I)cc(I)cc4C(=O)OCC(F)(F)S(=O)(=O)O)(C3)C1)C2. The monoisotopic (exact) mass is 840 g/mol. The number of carbonyl (C=O) groups excluding carboxylic acids is 4. The predicted octanol–water partition coefficient (Wildman–Crippen LogP) is 4.66. The van der Waals surface area contributed by atoms with E-state index in [0.29, 0.717) is 29.3 Å². The van der Waals surface area contributed by atoms with Gasteiger partial charge in [0.05, 0.1) is 8.99 Å². The second-order valence-corrected chi connectivity index (χ2v) is 16.1. The van der Waals surface area contributed by atoms with Crippen LogP contribution >= 0.6 is 45.2 Å². The van der Waals surface area contributed by atoms with Gasteiger partial charge in [-0.3, -0.25) is 9.35 Å². The highest BCUT2D eigenvalue weighted by Crippen LogP contribution is 2.63. The zero-order valence-electron chi connectivity index (χ0n) is 22.7. The van der Waals surface area contributed by atoms with Crippen molar-refractivity contribution in [2.75, 3.05) is 6.61 Å². The van der Waals surface area contributed by atoms with Crippen molar-refractivity contribution in [1.82, 2.24) is 0 Å². The summed E-state index contributed by atoms with van der Waals surface area (Å²) in [6.07, 6.45) is 3.20. The van der Waals surface area contributed by atoms with Gasteiger partial charge >= 0.3 is 39.2 Å². The Balaban J connectivity index is 1.51. The standard InChI is InChI=1S/C26H28F2I2O11S/c1-23(2,3)41-22(34)24-7-13-4-14(8-24)10-25(9-13,11-24)40-21(33)20(32)39-18-16(5-15(29)6-17(18)30)19(31)38-12-26(27,28)42(35,36)37/h5-6,13-14H,4,7-12H2,1-3H3,(H,35,36,37). The minimum atomic E-state index is -5.87. The number of halogens is 4. The van der Waals surface area contributed by atoms with Crippen molar-refractivity contribution < 1.29 is 59.9 Å². The summed E-state index contributed by atoms with van der Waals surface area (Å²) in [5.74, 6) is -5.00. The summed E-state index contributed by atoms with van der Waals surface area (Å²) in [5.41, 5.74) is -3.18. The van der Waals surface area contributed by atoms with Crippen molar-refractivity contribution in [3.63, 3.8) is 0 Å². The summed E-state index contributed by atoms with van der Waals surface area (Å²) in [6.45, 7) is 3.31. The van der Waals surface area contributed by atoms with Crippen LogP contribution in [0, 0.1) is 24.4 Å². The molecule has 4 aliphatic rings. The van der Waals surface area contributed by atoms with E-state index in [9.17, 15) is 36.4 Å². The van der Waals surface area contributed by atoms with Gasteiger partial charge in [0.1, 0.15) is 16.8 Å². The highest BCUT2D eigenvalue weighted by atomic mass is 127. The summed E-state index contributed by atoms with van der Waals surface area (Å²) in [5, 5.41) is -4.78. The molecule has 0 aromatic heterocycles. The maximum Gasteiger partial charge on any atom is 0.422 e. The maximum atomic E-state index is 13.6. The molecule has 1 aromatic rings. The molecule has 16 heteroatoms. The van der Waals surface area contributed by atoms with Crippen molar-refractivity contribution in [2.45, 2.75) is 75.8 Å². The van der Waals surface area contributed by atoms with Crippen LogP contribution in [0.15, 0.2) is 12.1 Å². The Morgan fingerprint density at radius 3 is 2.17 bits per heavy atom. The maximum absolute atomic E-state index is 13.6. The van der Waals surface area contributed by atoms with Gasteiger partial charge in [-0.05, 0) is 122 Å². The third kappa shape index (κ3) is 7.00. The molecule has 4 bridgehead atoms. The third-order valence-corrected chi connectivity index (χ3v) is 9.78. The number of benzene rings is 1. The van der Waals surface area contributed by atoms with Gasteiger partial charge in [0.15, 0.2) is 12.4 Å². The normalized spacial score (nSPS) is 26.9. The summed E-state index contributed by atoms with van der Waals surface area (Å²) < 4.78 is 79.1. The van der Waals surface area contributed by atoms with Crippen LogP contribution in [0.5, 0.6) is 5.75 Å². The van der Waals surface area contributed by atoms with Crippen LogP contribution in [0.3, 0.4) is 0 Å². The molecule has 5 rings (SSSR count). The fraction of sp³-hybridized carbons (Fsp3) is 0.615. The highest BCUT2D eigenvalue weighted by molar-refractivity contribution is 14.1. The summed E-state index contributed by atoms with van der Waals surface area (Å²) in [6, 6.07) is 2.58. The van der Waals surface area contributed by atoms with E-state index >= 15 is 0 Å². The molecular weight excluding hydrogens is 812 g/mol. The zero-order chi connectivity index (χ0) is 31.5. The Labute approximate surface area is 267 Å². The molecule has 0 radical (unpaired) electrons. The van der Waals surface area contributed by atoms with E-state index in [1.807, 2.05) is 0 Å². The molecule has 0 spiro atoms. The molecule has 0 aliphatic heterocycles. The van der Waals surface area contributed by atoms with Gasteiger partial charge < -0.3 is 18.9 Å². The van der Waals surface area contributed by atoms with E-state index in [-0.39, 0.29) is 27.8 Å². The van der Waals surface area contributed by atoms with Crippen LogP contribution < -0.4 is 4.74 Å². The van der Waals surface area contributed by atoms with Gasteiger partial charge in [-0.25, -0.2) is 14.4 Å². The average molecular weight is 840 g/mol. The third-order valence-electron chi connectivity index (χ3n) is 7.49. The topological polar surface area (TPSA) is 160 Å². The van der Waals surface area contributed by atoms with Crippen molar-refractivity contribution in [2.24, 2.45) is 17.3 Å². The summed E-state index contributed by atoms with van der Waals surface area (Å²) in [7, 11) is -5.87. The molecular formula is C26H28F2I2O11S. The molecule has 42 heavy (non-hydrogen) atoms. The molecule has 0 heterocycles. The summed E-state index contributed by atoms with van der Waals surface area (Å²) >= 11 is 3.48. The van der Waals surface area contributed by atoms with E-state index < -0.39 is 67.8 Å². The lowest BCUT2D eigenvalue weighted by Crippen LogP contribution is -2.60. The Morgan fingerprint density at radius 1 is 1.02 bits per heavy atom. The second-order valence-electron chi connectivity index (χ2n) is 12.2. The molecule has 1 aromatic carbocycles. The Kier molecular flexibility index (Phi) is 8.98. The van der Waals surface area contributed by atoms with E-state index in [4.69, 9.17) is 18.8 Å². The zero-order valence-corrected chi connectivity index (χ0v) is 27.8. The fourth-order valence-electron chi connectivity index (χ4n) is 6.41. The van der Waals surface area contributed by atoms with Gasteiger partial charge in [0.2, 0.25) is 0 Å². The van der Waals surface area contributed by atoms with Crippen molar-refractivity contribution >= 4 is 79.2 Å². The van der Waals surface area contributed by atoms with Gasteiger partial charge in [-0.2, -0.15) is 17.2 Å². The van der Waals surface area contributed by atoms with Crippen LogP contribution in [0.4, 0.5) is 8.78 Å². The van der Waals surface area contributed by atoms with Crippen LogP contribution in [0.1, 0.15) is 69.7 Å². The minimum absolute atomic E-state index is 0.0990. The van der Waals surface area contributed by atoms with Gasteiger partial charge in [-0.1, -0.05) is 0 Å². The molecule has 0 saturated heterocycles. The second kappa shape index (κ2) is 11.4. The van der Waals surface area contributed by atoms with Crippen LogP contribution in [-0.4, -0.2) is 59.9 Å². The van der Waals surface area contributed by atoms with Gasteiger partial charge in [0, 0.05) is 9.99 Å². The lowest BCUT2D eigenvalue weighted by Gasteiger charge is -2.59. The lowest BCUT2D eigenvalue weighted by atomic mass is 9.48. The first-order valence-corrected chi connectivity index (χ1v) is 16.4. The van der Waals surface area contributed by atoms with E-state index in [1.54, 1.807) is 66.0 Å². The van der Waals surface area contributed by atoms with Crippen LogP contribution in [0.25, 0.3) is 0 Å². The Morgan fingerprint density at radius 2 is 1.62 bits per heavy atom. The van der Waals surface area contributed by atoms with Crippen molar-refractivity contribution in [3.8, 4) is 5.75 Å². The number of rotatable bonds is 7. The van der Waals surface area contributed by atoms with Crippen molar-refractivity contribution in [3.05, 3.63) is 24.8 Å². The fourth-order valence-corrected chi connectivity index (χ4v) is 8.58. The summed E-state index contributed by atoms with van der Waals surface area (Å²) in [4.78, 5) is 51.8. The minimum Gasteiger partial charge on any atom is -0.460 e. The number of hydrogen-bond donors (Lipinski definition) is 1. The van der Waals surface area contributed by atoms with E-state index in [0.717, 1.165) is 12.5 Å². The molecule has 2 atom stereocenters. The van der Waals surface area contributed by atoms with Crippen molar-refractivity contribution in [1.29, 1.82) is 0 Å². The predicted molar refractivity (Wildman–Crippen MR) is 156 cm³/mol. The Hall–Kier alpha value is -1.67. The first-order chi connectivity index (χ1) is 19.1. The molecule has 2 unspecified atom stereocenters. The number of esters is 4. The molecule has 0 amide bonds. The first-order valence-electron chi connectivity index (χ1n) is 12.8. The largest absolute Gasteiger partial charge is 0.460 e. The highest BCUT2D eigenvalue weighted by Gasteiger charge is 2.63. The molecule has 232 valence electrons. The molecule has 4 saturated carbocycles. The van der Waals surface area contributed by atoms with E-state index in [2.05, 4.69) is 4.74 Å². The molecule has 4 fully saturated rings. The average Bonchev–Trinajstić information content (AvgIpc) is 2.81. The number of alkyl halides is 2. The Bertz CT molecular complexity index is 1420. The van der Waals surface area contributed by atoms with E-state index in [1.165, 1.54) is 6.07 Å². The van der Waals surface area contributed by atoms with Gasteiger partial charge in [0.25, 0.3) is 0 Å². The number of hydrogen-bond acceptors (Lipinski definition) is 10. The lowest BCUT2D eigenvalue weighted by molar-refractivity contribution is -0.218. The molecule has 1 N–H and O–H groups in total. The first kappa shape index (κ1) is 33.2. The van der Waals surface area contributed by atoms with Crippen LogP contribution in [0.2, 0.25) is 0 Å². The number of carbonyl (C=O) groups is 4. The molecule has 11 nitrogen and oxygen atoms in total. The van der Waals surface area contributed by atoms with Gasteiger partial charge in [-0.15, -0.1) is 0 Å². The number of ether oxygens (including phenoxy) is 4. The quantitative estimate of drug-likeness (QED) is 0.102.